The Labute approximate surface area is 256 Å². The van der Waals surface area contributed by atoms with Crippen molar-refractivity contribution in [2.24, 2.45) is 4.99 Å². The van der Waals surface area contributed by atoms with Gasteiger partial charge in [0.25, 0.3) is 11.2 Å². The predicted molar refractivity (Wildman–Crippen MR) is 164 cm³/mol. The van der Waals surface area contributed by atoms with E-state index in [9.17, 15) is 19.7 Å². The van der Waals surface area contributed by atoms with Crippen LogP contribution in [0.4, 0.5) is 5.69 Å². The lowest BCUT2D eigenvalue weighted by Gasteiger charge is -2.24. The summed E-state index contributed by atoms with van der Waals surface area (Å²) in [5.41, 5.74) is 2.64. The van der Waals surface area contributed by atoms with Crippen molar-refractivity contribution in [2.75, 3.05) is 20.8 Å². The third kappa shape index (κ3) is 6.11. The lowest BCUT2D eigenvalue weighted by Crippen LogP contribution is -2.39. The number of benzene rings is 3. The molecule has 0 aliphatic carbocycles. The van der Waals surface area contributed by atoms with Crippen LogP contribution in [0.3, 0.4) is 0 Å². The van der Waals surface area contributed by atoms with E-state index in [4.69, 9.17) is 18.9 Å². The van der Waals surface area contributed by atoms with Gasteiger partial charge in [0, 0.05) is 12.1 Å². The number of hydrogen-bond acceptors (Lipinski definition) is 10. The van der Waals surface area contributed by atoms with Crippen LogP contribution in [0.2, 0.25) is 0 Å². The van der Waals surface area contributed by atoms with E-state index in [1.54, 1.807) is 69.5 Å². The maximum Gasteiger partial charge on any atom is 0.338 e. The molecule has 1 aliphatic heterocycles. The molecule has 12 heteroatoms. The van der Waals surface area contributed by atoms with Gasteiger partial charge in [-0.1, -0.05) is 29.5 Å². The van der Waals surface area contributed by atoms with Crippen molar-refractivity contribution >= 4 is 29.1 Å². The number of fused-ring (bicyclic) bond motifs is 1. The van der Waals surface area contributed by atoms with E-state index in [-0.39, 0.29) is 24.5 Å². The van der Waals surface area contributed by atoms with Gasteiger partial charge in [0.2, 0.25) is 0 Å². The SMILES string of the molecule is CCOC(=O)C1=C(C)N=c2s/c(=C\c3ccc(OCc4ccc([N+](=O)[O-])cc4)c(OC)c3)c(=O)n2C1c1ccc(OC)cc1. The number of ether oxygens (including phenoxy) is 4. The summed E-state index contributed by atoms with van der Waals surface area (Å²) in [6.07, 6.45) is 1.74. The van der Waals surface area contributed by atoms with Crippen LogP contribution in [0, 0.1) is 10.1 Å². The zero-order valence-electron chi connectivity index (χ0n) is 24.4. The normalized spacial score (nSPS) is 14.5. The van der Waals surface area contributed by atoms with Gasteiger partial charge >= 0.3 is 5.97 Å². The molecule has 11 nitrogen and oxygen atoms in total. The van der Waals surface area contributed by atoms with E-state index in [1.165, 1.54) is 35.1 Å². The standard InChI is InChI=1S/C32H29N3O8S/c1-5-42-31(37)28-19(2)33-32-34(29(28)22-9-13-24(40-3)14-10-22)30(36)27(44-32)17-21-8-15-25(26(16-21)41-4)43-18-20-6-11-23(12-7-20)35(38)39/h6-17,29H,5,18H2,1-4H3/b27-17-. The van der Waals surface area contributed by atoms with Crippen LogP contribution in [0.15, 0.2) is 87.8 Å². The van der Waals surface area contributed by atoms with Crippen LogP contribution in [-0.4, -0.2) is 36.3 Å². The smallest absolute Gasteiger partial charge is 0.338 e. The van der Waals surface area contributed by atoms with Crippen LogP contribution >= 0.6 is 11.3 Å². The quantitative estimate of drug-likeness (QED) is 0.147. The van der Waals surface area contributed by atoms with Crippen molar-refractivity contribution in [1.29, 1.82) is 0 Å². The summed E-state index contributed by atoms with van der Waals surface area (Å²) in [4.78, 5) is 42.5. The highest BCUT2D eigenvalue weighted by Gasteiger charge is 2.33. The summed E-state index contributed by atoms with van der Waals surface area (Å²) in [5, 5.41) is 10.9. The molecule has 0 saturated heterocycles. The molecule has 1 unspecified atom stereocenters. The second kappa shape index (κ2) is 13.0. The first-order chi connectivity index (χ1) is 21.2. The van der Waals surface area contributed by atoms with Gasteiger partial charge in [0.15, 0.2) is 16.3 Å². The van der Waals surface area contributed by atoms with Gasteiger partial charge in [-0.2, -0.15) is 0 Å². The van der Waals surface area contributed by atoms with Crippen LogP contribution in [0.5, 0.6) is 17.2 Å². The maximum atomic E-state index is 13.9. The number of hydrogen-bond donors (Lipinski definition) is 0. The minimum absolute atomic E-state index is 0.00330. The van der Waals surface area contributed by atoms with E-state index in [0.717, 1.165) is 5.56 Å². The van der Waals surface area contributed by atoms with Crippen molar-refractivity contribution in [1.82, 2.24) is 4.57 Å². The number of methoxy groups -OCH3 is 2. The molecule has 0 bridgehead atoms. The number of aromatic nitrogens is 1. The zero-order valence-corrected chi connectivity index (χ0v) is 25.3. The van der Waals surface area contributed by atoms with E-state index in [2.05, 4.69) is 4.99 Å². The van der Waals surface area contributed by atoms with Gasteiger partial charge in [0.05, 0.1) is 47.6 Å². The zero-order chi connectivity index (χ0) is 31.4. The van der Waals surface area contributed by atoms with Crippen LogP contribution in [0.1, 0.15) is 36.6 Å². The van der Waals surface area contributed by atoms with Gasteiger partial charge in [-0.15, -0.1) is 0 Å². The molecular weight excluding hydrogens is 586 g/mol. The van der Waals surface area contributed by atoms with Gasteiger partial charge in [0.1, 0.15) is 12.4 Å². The summed E-state index contributed by atoms with van der Waals surface area (Å²) in [7, 11) is 3.08. The Morgan fingerprint density at radius 3 is 2.41 bits per heavy atom. The highest BCUT2D eigenvalue weighted by Crippen LogP contribution is 2.32. The molecule has 0 amide bonds. The van der Waals surface area contributed by atoms with E-state index >= 15 is 0 Å². The molecule has 0 spiro atoms. The molecule has 2 heterocycles. The number of thiazole rings is 1. The molecule has 44 heavy (non-hydrogen) atoms. The number of esters is 1. The number of non-ortho nitro benzene ring substituents is 1. The number of carbonyl (C=O) groups is 1. The Morgan fingerprint density at radius 2 is 1.77 bits per heavy atom. The molecule has 226 valence electrons. The van der Waals surface area contributed by atoms with Gasteiger partial charge in [-0.25, -0.2) is 9.79 Å². The second-order valence-electron chi connectivity index (χ2n) is 9.70. The summed E-state index contributed by atoms with van der Waals surface area (Å²) in [6, 6.07) is 17.8. The molecule has 0 radical (unpaired) electrons. The molecule has 0 N–H and O–H groups in total. The Balaban J connectivity index is 1.50. The van der Waals surface area contributed by atoms with Crippen LogP contribution in [-0.2, 0) is 16.1 Å². The predicted octanol–water partition coefficient (Wildman–Crippen LogP) is 4.30. The fourth-order valence-corrected chi connectivity index (χ4v) is 5.86. The minimum Gasteiger partial charge on any atom is -0.497 e. The van der Waals surface area contributed by atoms with Gasteiger partial charge in [-0.3, -0.25) is 19.5 Å². The molecule has 4 aromatic rings. The number of nitro benzene ring substituents is 1. The third-order valence-electron chi connectivity index (χ3n) is 6.98. The Morgan fingerprint density at radius 1 is 1.05 bits per heavy atom. The first kappa shape index (κ1) is 30.2. The number of carbonyl (C=O) groups excluding carboxylic acids is 1. The van der Waals surface area contributed by atoms with Crippen molar-refractivity contribution in [3.8, 4) is 17.2 Å². The van der Waals surface area contributed by atoms with Gasteiger partial charge in [-0.05, 0) is 73.0 Å². The maximum absolute atomic E-state index is 13.9. The van der Waals surface area contributed by atoms with Gasteiger partial charge < -0.3 is 18.9 Å². The lowest BCUT2D eigenvalue weighted by molar-refractivity contribution is -0.384. The minimum atomic E-state index is -0.733. The number of allylic oxidation sites excluding steroid dienone is 1. The van der Waals surface area contributed by atoms with Crippen molar-refractivity contribution in [3.63, 3.8) is 0 Å². The van der Waals surface area contributed by atoms with Crippen molar-refractivity contribution in [3.05, 3.63) is 124 Å². The highest BCUT2D eigenvalue weighted by molar-refractivity contribution is 7.07. The van der Waals surface area contributed by atoms with Crippen LogP contribution < -0.4 is 29.1 Å². The molecule has 1 aromatic heterocycles. The number of nitrogens with zero attached hydrogens (tertiary/aromatic N) is 3. The van der Waals surface area contributed by atoms with Crippen LogP contribution in [0.25, 0.3) is 6.08 Å². The largest absolute Gasteiger partial charge is 0.497 e. The fraction of sp³-hybridized carbons (Fsp3) is 0.219. The highest BCUT2D eigenvalue weighted by atomic mass is 32.1. The Kier molecular flexibility index (Phi) is 8.91. The Hall–Kier alpha value is -5.23. The Bertz CT molecular complexity index is 1930. The molecular formula is C32H29N3O8S. The van der Waals surface area contributed by atoms with Crippen molar-refractivity contribution < 1.29 is 28.7 Å². The topological polar surface area (TPSA) is 131 Å². The van der Waals surface area contributed by atoms with Crippen molar-refractivity contribution in [2.45, 2.75) is 26.5 Å². The molecule has 3 aromatic carbocycles. The molecule has 0 saturated carbocycles. The monoisotopic (exact) mass is 615 g/mol. The molecule has 1 aliphatic rings. The first-order valence-corrected chi connectivity index (χ1v) is 14.4. The second-order valence-corrected chi connectivity index (χ2v) is 10.7. The first-order valence-electron chi connectivity index (χ1n) is 13.6. The number of nitro groups is 1. The fourth-order valence-electron chi connectivity index (χ4n) is 4.81. The average Bonchev–Trinajstić information content (AvgIpc) is 3.33. The summed E-state index contributed by atoms with van der Waals surface area (Å²) in [5.74, 6) is 1.04. The third-order valence-corrected chi connectivity index (χ3v) is 7.96. The summed E-state index contributed by atoms with van der Waals surface area (Å²) < 4.78 is 24.0. The molecule has 5 rings (SSSR count). The lowest BCUT2D eigenvalue weighted by atomic mass is 9.96. The number of rotatable bonds is 10. The molecule has 0 fully saturated rings. The summed E-state index contributed by atoms with van der Waals surface area (Å²) >= 11 is 1.22. The van der Waals surface area contributed by atoms with E-state index in [0.29, 0.717) is 49.0 Å². The van der Waals surface area contributed by atoms with E-state index < -0.39 is 16.9 Å². The molecule has 1 atom stereocenters. The summed E-state index contributed by atoms with van der Waals surface area (Å²) in [6.45, 7) is 3.83. The van der Waals surface area contributed by atoms with E-state index in [1.807, 2.05) is 12.1 Å². The average molecular weight is 616 g/mol.